The largest absolute Gasteiger partial charge is 0.440 e. The monoisotopic (exact) mass is 253 g/mol. The molecule has 16 heavy (non-hydrogen) atoms. The van der Waals surface area contributed by atoms with Gasteiger partial charge in [-0.15, -0.1) is 11.3 Å². The first kappa shape index (κ1) is 11.4. The van der Waals surface area contributed by atoms with Gasteiger partial charge < -0.3 is 4.42 Å². The Morgan fingerprint density at radius 3 is 2.88 bits per heavy atom. The lowest BCUT2D eigenvalue weighted by molar-refractivity contribution is 0.102. The van der Waals surface area contributed by atoms with E-state index in [4.69, 9.17) is 4.42 Å². The van der Waals surface area contributed by atoms with Gasteiger partial charge in [0.1, 0.15) is 6.26 Å². The maximum absolute atomic E-state index is 11.8. The van der Waals surface area contributed by atoms with E-state index in [0.717, 1.165) is 15.4 Å². The van der Waals surface area contributed by atoms with Gasteiger partial charge in [0.15, 0.2) is 5.78 Å². The Balaban J connectivity index is 1.93. The fraction of sp³-hybridized carbons (Fsp3) is 0.273. The first-order valence-electron chi connectivity index (χ1n) is 4.80. The lowest BCUT2D eigenvalue weighted by Gasteiger charge is -1.94. The van der Waals surface area contributed by atoms with E-state index in [0.29, 0.717) is 11.0 Å². The van der Waals surface area contributed by atoms with Gasteiger partial charge in [-0.3, -0.25) is 4.79 Å². The van der Waals surface area contributed by atoms with Crippen molar-refractivity contribution in [2.24, 2.45) is 0 Å². The van der Waals surface area contributed by atoms with Crippen LogP contribution in [0.3, 0.4) is 0 Å². The Hall–Kier alpha value is -1.07. The zero-order valence-corrected chi connectivity index (χ0v) is 10.7. The molecule has 0 aromatic carbocycles. The van der Waals surface area contributed by atoms with Gasteiger partial charge in [0.05, 0.1) is 16.3 Å². The molecule has 0 bridgehead atoms. The third-order valence-electron chi connectivity index (χ3n) is 1.94. The van der Waals surface area contributed by atoms with Crippen molar-refractivity contribution in [1.82, 2.24) is 4.98 Å². The van der Waals surface area contributed by atoms with E-state index >= 15 is 0 Å². The van der Waals surface area contributed by atoms with Crippen molar-refractivity contribution < 1.29 is 9.21 Å². The summed E-state index contributed by atoms with van der Waals surface area (Å²) in [5, 5.41) is 0.555. The molecular formula is C11H11NO2S2. The molecule has 0 fully saturated rings. The van der Waals surface area contributed by atoms with Crippen molar-refractivity contribution in [3.05, 3.63) is 33.8 Å². The van der Waals surface area contributed by atoms with Crippen LogP contribution in [-0.2, 0) is 0 Å². The van der Waals surface area contributed by atoms with Crippen molar-refractivity contribution in [3.8, 4) is 0 Å². The molecule has 0 radical (unpaired) electrons. The number of ketones is 1. The van der Waals surface area contributed by atoms with Crippen LogP contribution < -0.4 is 0 Å². The van der Waals surface area contributed by atoms with Crippen LogP contribution in [0.4, 0.5) is 0 Å². The highest BCUT2D eigenvalue weighted by molar-refractivity contribution is 7.99. The van der Waals surface area contributed by atoms with Gasteiger partial charge >= 0.3 is 0 Å². The number of nitrogens with zero attached hydrogens (tertiary/aromatic N) is 1. The number of hydrogen-bond donors (Lipinski definition) is 0. The van der Waals surface area contributed by atoms with Gasteiger partial charge in [0.2, 0.25) is 0 Å². The van der Waals surface area contributed by atoms with Crippen LogP contribution in [0.5, 0.6) is 0 Å². The number of aryl methyl sites for hydroxylation is 2. The van der Waals surface area contributed by atoms with Gasteiger partial charge in [-0.25, -0.2) is 4.98 Å². The maximum atomic E-state index is 11.8. The standard InChI is InChI=1S/C11H11NO2S2/c1-7-5-14-11(12-7)15-6-9(13)10-4-3-8(2)16-10/h3-5H,6H2,1-2H3. The Kier molecular flexibility index (Phi) is 3.46. The molecule has 84 valence electrons. The Labute approximate surface area is 102 Å². The van der Waals surface area contributed by atoms with Gasteiger partial charge in [-0.05, 0) is 26.0 Å². The quantitative estimate of drug-likeness (QED) is 0.619. The number of rotatable bonds is 4. The molecule has 0 N–H and O–H groups in total. The van der Waals surface area contributed by atoms with Crippen molar-refractivity contribution >= 4 is 28.9 Å². The second-order valence-electron chi connectivity index (χ2n) is 3.38. The average Bonchev–Trinajstić information content (AvgIpc) is 2.84. The van der Waals surface area contributed by atoms with E-state index in [1.807, 2.05) is 26.0 Å². The fourth-order valence-corrected chi connectivity index (χ4v) is 2.81. The molecule has 0 aliphatic heterocycles. The summed E-state index contributed by atoms with van der Waals surface area (Å²) in [6.45, 7) is 3.85. The fourth-order valence-electron chi connectivity index (χ4n) is 1.18. The Morgan fingerprint density at radius 2 is 2.31 bits per heavy atom. The number of thioether (sulfide) groups is 1. The molecule has 2 rings (SSSR count). The summed E-state index contributed by atoms with van der Waals surface area (Å²) < 4.78 is 5.16. The second-order valence-corrected chi connectivity index (χ2v) is 5.59. The first-order chi connectivity index (χ1) is 7.65. The Morgan fingerprint density at radius 1 is 1.50 bits per heavy atom. The molecule has 0 atom stereocenters. The topological polar surface area (TPSA) is 43.1 Å². The molecule has 0 saturated carbocycles. The van der Waals surface area contributed by atoms with E-state index in [-0.39, 0.29) is 5.78 Å². The third kappa shape index (κ3) is 2.74. The number of aromatic nitrogens is 1. The molecule has 0 saturated heterocycles. The van der Waals surface area contributed by atoms with Crippen molar-refractivity contribution in [2.45, 2.75) is 19.1 Å². The highest BCUT2D eigenvalue weighted by Crippen LogP contribution is 2.21. The summed E-state index contributed by atoms with van der Waals surface area (Å²) >= 11 is 2.86. The Bertz CT molecular complexity index is 502. The van der Waals surface area contributed by atoms with Gasteiger partial charge in [-0.1, -0.05) is 11.8 Å². The number of oxazole rings is 1. The molecule has 0 aliphatic rings. The lowest BCUT2D eigenvalue weighted by Crippen LogP contribution is -1.99. The van der Waals surface area contributed by atoms with Crippen LogP contribution in [0.15, 0.2) is 28.0 Å². The lowest BCUT2D eigenvalue weighted by atomic mass is 10.3. The predicted molar refractivity (Wildman–Crippen MR) is 65.4 cm³/mol. The minimum absolute atomic E-state index is 0.124. The zero-order chi connectivity index (χ0) is 11.5. The summed E-state index contributed by atoms with van der Waals surface area (Å²) in [6, 6.07) is 3.82. The molecule has 0 amide bonds. The number of hydrogen-bond acceptors (Lipinski definition) is 5. The number of carbonyl (C=O) groups excluding carboxylic acids is 1. The third-order valence-corrected chi connectivity index (χ3v) is 3.82. The zero-order valence-electron chi connectivity index (χ0n) is 9.02. The van der Waals surface area contributed by atoms with E-state index in [1.165, 1.54) is 23.1 Å². The van der Waals surface area contributed by atoms with E-state index in [1.54, 1.807) is 6.26 Å². The molecule has 0 spiro atoms. The predicted octanol–water partition coefficient (Wildman–Crippen LogP) is 3.33. The molecule has 2 aromatic heterocycles. The van der Waals surface area contributed by atoms with Crippen LogP contribution in [0.2, 0.25) is 0 Å². The van der Waals surface area contributed by atoms with E-state index < -0.39 is 0 Å². The maximum Gasteiger partial charge on any atom is 0.256 e. The van der Waals surface area contributed by atoms with Crippen LogP contribution in [0, 0.1) is 13.8 Å². The number of Topliss-reactive ketones (excluding diaryl/α,β-unsaturated/α-hetero) is 1. The molecule has 0 unspecified atom stereocenters. The number of thiophene rings is 1. The van der Waals surface area contributed by atoms with Gasteiger partial charge in [0.25, 0.3) is 5.22 Å². The summed E-state index contributed by atoms with van der Waals surface area (Å²) in [4.78, 5) is 17.8. The summed E-state index contributed by atoms with van der Waals surface area (Å²) in [6.07, 6.45) is 1.59. The minimum atomic E-state index is 0.124. The summed E-state index contributed by atoms with van der Waals surface area (Å²) in [5.41, 5.74) is 0.835. The van der Waals surface area contributed by atoms with Crippen molar-refractivity contribution in [2.75, 3.05) is 5.75 Å². The molecule has 5 heteroatoms. The van der Waals surface area contributed by atoms with Crippen LogP contribution in [-0.4, -0.2) is 16.5 Å². The molecule has 2 aromatic rings. The van der Waals surface area contributed by atoms with Gasteiger partial charge in [0, 0.05) is 4.88 Å². The van der Waals surface area contributed by atoms with Crippen LogP contribution in [0.1, 0.15) is 20.2 Å². The molecule has 3 nitrogen and oxygen atoms in total. The summed E-state index contributed by atoms with van der Waals surface area (Å²) in [5.74, 6) is 0.499. The SMILES string of the molecule is Cc1coc(SCC(=O)c2ccc(C)s2)n1. The van der Waals surface area contributed by atoms with E-state index in [2.05, 4.69) is 4.98 Å². The van der Waals surface area contributed by atoms with Gasteiger partial charge in [-0.2, -0.15) is 0 Å². The highest BCUT2D eigenvalue weighted by atomic mass is 32.2. The number of carbonyl (C=O) groups is 1. The molecule has 2 heterocycles. The minimum Gasteiger partial charge on any atom is -0.440 e. The second kappa shape index (κ2) is 4.84. The van der Waals surface area contributed by atoms with Crippen LogP contribution in [0.25, 0.3) is 0 Å². The first-order valence-corrected chi connectivity index (χ1v) is 6.60. The smallest absolute Gasteiger partial charge is 0.256 e. The average molecular weight is 253 g/mol. The van der Waals surface area contributed by atoms with E-state index in [9.17, 15) is 4.79 Å². The summed E-state index contributed by atoms with van der Waals surface area (Å²) in [7, 11) is 0. The van der Waals surface area contributed by atoms with Crippen molar-refractivity contribution in [1.29, 1.82) is 0 Å². The molecule has 0 aliphatic carbocycles. The highest BCUT2D eigenvalue weighted by Gasteiger charge is 2.10. The molecular weight excluding hydrogens is 242 g/mol. The normalized spacial score (nSPS) is 10.6. The van der Waals surface area contributed by atoms with Crippen LogP contribution >= 0.6 is 23.1 Å². The van der Waals surface area contributed by atoms with Crippen molar-refractivity contribution in [3.63, 3.8) is 0 Å².